The summed E-state index contributed by atoms with van der Waals surface area (Å²) in [5, 5.41) is 11.1. The number of hydrogen-bond acceptors (Lipinski definition) is 9. The summed E-state index contributed by atoms with van der Waals surface area (Å²) in [5.74, 6) is 1.64. The van der Waals surface area contributed by atoms with E-state index in [1.165, 1.54) is 7.11 Å². The van der Waals surface area contributed by atoms with E-state index in [0.717, 1.165) is 56.6 Å². The minimum Gasteiger partial charge on any atom is -0.501 e. The average molecular weight is 763 g/mol. The summed E-state index contributed by atoms with van der Waals surface area (Å²) in [6.07, 6.45) is 12.7. The first-order chi connectivity index (χ1) is 25.4. The predicted molar refractivity (Wildman–Crippen MR) is 217 cm³/mol. The van der Waals surface area contributed by atoms with Gasteiger partial charge in [0.2, 0.25) is 0 Å². The van der Waals surface area contributed by atoms with Crippen molar-refractivity contribution < 1.29 is 19.0 Å². The Hall–Kier alpha value is -4.80. The molecule has 4 rings (SSSR count). The molecule has 1 fully saturated rings. The number of ether oxygens (including phenoxy) is 3. The Bertz CT molecular complexity index is 1940. The molecule has 0 radical (unpaired) electrons. The molecule has 1 aliphatic heterocycles. The molecule has 0 saturated carbocycles. The van der Waals surface area contributed by atoms with Crippen molar-refractivity contribution in [1.82, 2.24) is 14.5 Å². The fourth-order valence-corrected chi connectivity index (χ4v) is 6.87. The molecule has 1 saturated heterocycles. The molecule has 13 heteroatoms. The van der Waals surface area contributed by atoms with E-state index in [2.05, 4.69) is 34.5 Å². The number of allylic oxidation sites excluding steroid dienone is 7. The van der Waals surface area contributed by atoms with Crippen LogP contribution in [0, 0.1) is 12.3 Å². The Morgan fingerprint density at radius 2 is 1.83 bits per heavy atom. The maximum absolute atomic E-state index is 12.6. The van der Waals surface area contributed by atoms with Gasteiger partial charge in [-0.25, -0.2) is 4.98 Å². The van der Waals surface area contributed by atoms with E-state index in [0.29, 0.717) is 68.2 Å². The Morgan fingerprint density at radius 3 is 2.42 bits per heavy atom. The molecule has 0 unspecified atom stereocenters. The van der Waals surface area contributed by atoms with Crippen LogP contribution < -0.4 is 15.0 Å². The van der Waals surface area contributed by atoms with E-state index in [4.69, 9.17) is 52.8 Å². The van der Waals surface area contributed by atoms with E-state index < -0.39 is 5.91 Å². The molecule has 2 aliphatic rings. The highest BCUT2D eigenvalue weighted by molar-refractivity contribution is 6.38. The van der Waals surface area contributed by atoms with Crippen molar-refractivity contribution in [2.24, 2.45) is 12.0 Å². The van der Waals surface area contributed by atoms with Crippen LogP contribution in [-0.2, 0) is 21.3 Å². The number of carbonyl (C=O) groups excluding carboxylic acids is 1. The lowest BCUT2D eigenvalue weighted by Gasteiger charge is -2.32. The second-order valence-electron chi connectivity index (χ2n) is 12.7. The maximum Gasteiger partial charge on any atom is 0.266 e. The van der Waals surface area contributed by atoms with Gasteiger partial charge in [0.25, 0.3) is 5.91 Å². The number of aryl methyl sites for hydroxylation is 2. The molecule has 0 bridgehead atoms. The number of benzene rings is 1. The molecule has 2 N–H and O–H groups in total. The van der Waals surface area contributed by atoms with E-state index in [9.17, 15) is 4.79 Å². The SMILES string of the molecule is C=C(/C=N\C(=C/CC)c1cc(NC(=O)C=N)c(N2CCCN(C)CCC2)cc1OC)/C=C(/C1=C(/Cl)C/C(OC)=C\C(OC)=C=C1Cl)c1nc(C)cn1C. The fourth-order valence-electron chi connectivity index (χ4n) is 6.18. The molecule has 1 aromatic carbocycles. The Labute approximate surface area is 322 Å². The molecular weight excluding hydrogens is 713 g/mol. The van der Waals surface area contributed by atoms with Crippen LogP contribution >= 0.6 is 23.2 Å². The smallest absolute Gasteiger partial charge is 0.266 e. The van der Waals surface area contributed by atoms with Gasteiger partial charge in [-0.15, -0.1) is 0 Å². The van der Waals surface area contributed by atoms with Gasteiger partial charge in [0, 0.05) is 72.9 Å². The quantitative estimate of drug-likeness (QED) is 0.121. The summed E-state index contributed by atoms with van der Waals surface area (Å²) in [6, 6.07) is 3.81. The van der Waals surface area contributed by atoms with Crippen LogP contribution in [0.3, 0.4) is 0 Å². The molecule has 11 nitrogen and oxygen atoms in total. The summed E-state index contributed by atoms with van der Waals surface area (Å²) < 4.78 is 18.9. The lowest BCUT2D eigenvalue weighted by atomic mass is 9.99. The number of carbonyl (C=O) groups is 1. The number of nitrogens with one attached hydrogen (secondary N) is 2. The number of imidazole rings is 1. The zero-order chi connectivity index (χ0) is 38.7. The predicted octanol–water partition coefficient (Wildman–Crippen LogP) is 8.00. The van der Waals surface area contributed by atoms with Crippen molar-refractivity contribution in [3.05, 3.63) is 98.7 Å². The zero-order valence-electron chi connectivity index (χ0n) is 31.6. The maximum atomic E-state index is 12.6. The van der Waals surface area contributed by atoms with Gasteiger partial charge in [-0.2, -0.15) is 0 Å². The topological polar surface area (TPSA) is 117 Å². The van der Waals surface area contributed by atoms with Crippen LogP contribution in [0.1, 0.15) is 49.7 Å². The molecule has 2 aromatic rings. The monoisotopic (exact) mass is 761 g/mol. The van der Waals surface area contributed by atoms with Gasteiger partial charge < -0.3 is 39.3 Å². The Balaban J connectivity index is 1.82. The highest BCUT2D eigenvalue weighted by Gasteiger charge is 2.24. The van der Waals surface area contributed by atoms with E-state index in [1.54, 1.807) is 26.5 Å². The third kappa shape index (κ3) is 10.6. The lowest BCUT2D eigenvalue weighted by Crippen LogP contribution is -2.35. The standard InChI is InChI=1S/C40H49Cl2N7O4/c1-9-12-34(30-21-35(46-38(50)23-43)36(22-37(30)53-8)49-15-10-13-47(4)14-11-16-49)44-24-26(2)17-31(40-45-27(3)25-48(40)5)39-32(41)19-28(51-6)18-29(52-7)20-33(39)42/h12,17-18,21-25,43H,2,9-11,13-16,19H2,1,3-8H3,(H,46,50)/b28-18+,31-17-,34-12-,39-32-,43-23?,44-24-. The average Bonchev–Trinajstić information content (AvgIpc) is 3.46. The Morgan fingerprint density at radius 1 is 1.11 bits per heavy atom. The van der Waals surface area contributed by atoms with Crippen molar-refractivity contribution in [2.45, 2.75) is 39.5 Å². The van der Waals surface area contributed by atoms with E-state index >= 15 is 0 Å². The largest absolute Gasteiger partial charge is 0.501 e. The summed E-state index contributed by atoms with van der Waals surface area (Å²) >= 11 is 13.9. The summed E-state index contributed by atoms with van der Waals surface area (Å²) in [4.78, 5) is 26.9. The third-order valence-corrected chi connectivity index (χ3v) is 9.30. The first-order valence-electron chi connectivity index (χ1n) is 17.4. The third-order valence-electron chi connectivity index (χ3n) is 8.69. The van der Waals surface area contributed by atoms with Gasteiger partial charge in [0.15, 0.2) is 5.76 Å². The zero-order valence-corrected chi connectivity index (χ0v) is 33.1. The molecule has 282 valence electrons. The van der Waals surface area contributed by atoms with Gasteiger partial charge in [-0.3, -0.25) is 9.79 Å². The second-order valence-corrected chi connectivity index (χ2v) is 13.5. The van der Waals surface area contributed by atoms with Crippen LogP contribution in [0.15, 0.2) is 86.6 Å². The number of aliphatic imine (C=N–C) groups is 1. The summed E-state index contributed by atoms with van der Waals surface area (Å²) in [6.45, 7) is 11.8. The van der Waals surface area contributed by atoms with Crippen LogP contribution in [-0.4, -0.2) is 87.3 Å². The van der Waals surface area contributed by atoms with Gasteiger partial charge >= 0.3 is 0 Å². The number of anilines is 2. The number of aromatic nitrogens is 2. The second kappa shape index (κ2) is 19.3. The summed E-state index contributed by atoms with van der Waals surface area (Å²) in [7, 11) is 8.75. The van der Waals surface area contributed by atoms with Gasteiger partial charge in [0.1, 0.15) is 17.3 Å². The lowest BCUT2D eigenvalue weighted by molar-refractivity contribution is -0.110. The van der Waals surface area contributed by atoms with E-state index in [-0.39, 0.29) is 11.5 Å². The number of rotatable bonds is 13. The minimum absolute atomic E-state index is 0.234. The van der Waals surface area contributed by atoms with Crippen LogP contribution in [0.5, 0.6) is 5.75 Å². The number of hydrogen-bond donors (Lipinski definition) is 2. The molecular formula is C40H49Cl2N7O4. The van der Waals surface area contributed by atoms with Gasteiger partial charge in [0.05, 0.1) is 55.3 Å². The number of nitrogens with zero attached hydrogens (tertiary/aromatic N) is 5. The molecule has 1 aliphatic carbocycles. The van der Waals surface area contributed by atoms with E-state index in [1.807, 2.05) is 55.9 Å². The molecule has 0 spiro atoms. The first kappa shape index (κ1) is 41.0. The Kier molecular flexibility index (Phi) is 14.9. The van der Waals surface area contributed by atoms with Crippen LogP contribution in [0.25, 0.3) is 11.3 Å². The van der Waals surface area contributed by atoms with Gasteiger partial charge in [-0.1, -0.05) is 48.5 Å². The molecule has 0 atom stereocenters. The van der Waals surface area contributed by atoms with Crippen LogP contribution in [0.4, 0.5) is 11.4 Å². The van der Waals surface area contributed by atoms with Crippen molar-refractivity contribution in [2.75, 3.05) is 64.8 Å². The number of methoxy groups -OCH3 is 3. The van der Waals surface area contributed by atoms with Crippen molar-refractivity contribution in [3.63, 3.8) is 0 Å². The summed E-state index contributed by atoms with van der Waals surface area (Å²) in [5.41, 5.74) is 8.22. The minimum atomic E-state index is -0.523. The highest BCUT2D eigenvalue weighted by atomic mass is 35.5. The number of amides is 1. The van der Waals surface area contributed by atoms with Crippen molar-refractivity contribution >= 4 is 64.2 Å². The highest BCUT2D eigenvalue weighted by Crippen LogP contribution is 2.40. The molecule has 53 heavy (non-hydrogen) atoms. The van der Waals surface area contributed by atoms with Crippen molar-refractivity contribution in [3.8, 4) is 5.75 Å². The normalized spacial score (nSPS) is 18.9. The van der Waals surface area contributed by atoms with Crippen LogP contribution in [0.2, 0.25) is 0 Å². The van der Waals surface area contributed by atoms with Crippen molar-refractivity contribution in [1.29, 1.82) is 5.41 Å². The first-order valence-corrected chi connectivity index (χ1v) is 18.1. The number of halogens is 2. The fraction of sp³-hybridized carbons (Fsp3) is 0.375. The molecule has 2 heterocycles. The molecule has 1 aromatic heterocycles. The van der Waals surface area contributed by atoms with Gasteiger partial charge in [-0.05, 0) is 64.0 Å². The molecule has 1 amide bonds.